The zero-order chi connectivity index (χ0) is 13.8. The van der Waals surface area contributed by atoms with Gasteiger partial charge in [0, 0.05) is 25.3 Å². The Labute approximate surface area is 122 Å². The molecule has 3 nitrogen and oxygen atoms in total. The lowest BCUT2D eigenvalue weighted by atomic mass is 9.78. The molecule has 1 saturated carbocycles. The van der Waals surface area contributed by atoms with Crippen LogP contribution >= 0.6 is 0 Å². The van der Waals surface area contributed by atoms with Crippen LogP contribution in [-0.2, 0) is 6.54 Å². The van der Waals surface area contributed by atoms with Crippen LogP contribution in [0.3, 0.4) is 0 Å². The van der Waals surface area contributed by atoms with Crippen LogP contribution in [0.1, 0.15) is 51.0 Å². The molecule has 0 bridgehead atoms. The summed E-state index contributed by atoms with van der Waals surface area (Å²) in [6, 6.07) is 5.17. The molecule has 0 spiro atoms. The summed E-state index contributed by atoms with van der Waals surface area (Å²) in [5, 5.41) is 3.40. The summed E-state index contributed by atoms with van der Waals surface area (Å²) in [5.41, 5.74) is 1.36. The van der Waals surface area contributed by atoms with Crippen molar-refractivity contribution >= 4 is 5.82 Å². The minimum Gasteiger partial charge on any atom is -0.353 e. The second kappa shape index (κ2) is 6.57. The maximum absolute atomic E-state index is 4.66. The molecule has 1 N–H and O–H groups in total. The molecule has 2 unspecified atom stereocenters. The molecule has 2 fully saturated rings. The minimum atomic E-state index is 0.749. The molecule has 1 aliphatic carbocycles. The van der Waals surface area contributed by atoms with Crippen LogP contribution in [0.2, 0.25) is 0 Å². The topological polar surface area (TPSA) is 28.2 Å². The summed E-state index contributed by atoms with van der Waals surface area (Å²) < 4.78 is 0. The Hall–Kier alpha value is -1.09. The zero-order valence-corrected chi connectivity index (χ0v) is 12.6. The lowest BCUT2D eigenvalue weighted by molar-refractivity contribution is 0.242. The van der Waals surface area contributed by atoms with E-state index in [-0.39, 0.29) is 0 Å². The van der Waals surface area contributed by atoms with E-state index in [9.17, 15) is 0 Å². The van der Waals surface area contributed by atoms with Gasteiger partial charge in [-0.1, -0.05) is 19.8 Å². The van der Waals surface area contributed by atoms with E-state index in [0.29, 0.717) is 0 Å². The van der Waals surface area contributed by atoms with Crippen LogP contribution in [0.4, 0.5) is 5.82 Å². The minimum absolute atomic E-state index is 0.749. The second-order valence-electron chi connectivity index (χ2n) is 6.25. The van der Waals surface area contributed by atoms with Crippen molar-refractivity contribution in [2.75, 3.05) is 18.0 Å². The van der Waals surface area contributed by atoms with Gasteiger partial charge in [0.2, 0.25) is 0 Å². The summed E-state index contributed by atoms with van der Waals surface area (Å²) in [6.45, 7) is 5.32. The molecule has 0 radical (unpaired) electrons. The highest BCUT2D eigenvalue weighted by molar-refractivity contribution is 5.43. The number of piperidine rings is 1. The van der Waals surface area contributed by atoms with Crippen LogP contribution in [0.25, 0.3) is 0 Å². The molecule has 2 aliphatic rings. The van der Waals surface area contributed by atoms with E-state index < -0.39 is 0 Å². The van der Waals surface area contributed by atoms with Crippen molar-refractivity contribution in [1.82, 2.24) is 10.3 Å². The van der Waals surface area contributed by atoms with E-state index in [1.165, 1.54) is 56.5 Å². The van der Waals surface area contributed by atoms with Crippen LogP contribution in [-0.4, -0.2) is 24.1 Å². The number of fused-ring (bicyclic) bond motifs is 1. The largest absolute Gasteiger partial charge is 0.353 e. The Kier molecular flexibility index (Phi) is 4.56. The molecule has 3 rings (SSSR count). The molecule has 2 atom stereocenters. The van der Waals surface area contributed by atoms with Crippen molar-refractivity contribution in [2.24, 2.45) is 5.92 Å². The van der Waals surface area contributed by atoms with Gasteiger partial charge in [0.05, 0.1) is 0 Å². The number of hydrogen-bond acceptors (Lipinski definition) is 3. The summed E-state index contributed by atoms with van der Waals surface area (Å²) in [4.78, 5) is 7.26. The van der Waals surface area contributed by atoms with E-state index in [0.717, 1.165) is 25.0 Å². The lowest BCUT2D eigenvalue weighted by Crippen LogP contribution is -2.47. The molecular weight excluding hydrogens is 246 g/mol. The number of anilines is 1. The quantitative estimate of drug-likeness (QED) is 0.912. The molecule has 2 heterocycles. The van der Waals surface area contributed by atoms with E-state index in [1.54, 1.807) is 0 Å². The third-order valence-electron chi connectivity index (χ3n) is 4.93. The van der Waals surface area contributed by atoms with Gasteiger partial charge in [0.1, 0.15) is 5.82 Å². The van der Waals surface area contributed by atoms with Crippen molar-refractivity contribution < 1.29 is 0 Å². The fourth-order valence-electron chi connectivity index (χ4n) is 3.91. The van der Waals surface area contributed by atoms with Gasteiger partial charge in [0.15, 0.2) is 0 Å². The predicted octanol–water partition coefficient (Wildman–Crippen LogP) is 3.35. The van der Waals surface area contributed by atoms with Crippen molar-refractivity contribution in [3.05, 3.63) is 23.9 Å². The fraction of sp³-hybridized carbons (Fsp3) is 0.706. The number of pyridine rings is 1. The van der Waals surface area contributed by atoms with Crippen molar-refractivity contribution in [3.8, 4) is 0 Å². The number of nitrogens with zero attached hydrogens (tertiary/aromatic N) is 2. The Balaban J connectivity index is 1.76. The van der Waals surface area contributed by atoms with Gasteiger partial charge in [-0.2, -0.15) is 0 Å². The van der Waals surface area contributed by atoms with Gasteiger partial charge >= 0.3 is 0 Å². The van der Waals surface area contributed by atoms with Gasteiger partial charge in [-0.05, 0) is 55.8 Å². The summed E-state index contributed by atoms with van der Waals surface area (Å²) in [7, 11) is 0. The molecule has 1 saturated heterocycles. The van der Waals surface area contributed by atoms with Crippen molar-refractivity contribution in [2.45, 2.75) is 58.0 Å². The van der Waals surface area contributed by atoms with Crippen molar-refractivity contribution in [1.29, 1.82) is 0 Å². The number of aromatic nitrogens is 1. The van der Waals surface area contributed by atoms with E-state index in [2.05, 4.69) is 34.3 Å². The highest BCUT2D eigenvalue weighted by Crippen LogP contribution is 2.37. The second-order valence-corrected chi connectivity index (χ2v) is 6.25. The van der Waals surface area contributed by atoms with Gasteiger partial charge in [0.25, 0.3) is 0 Å². The van der Waals surface area contributed by atoms with E-state index in [1.807, 2.05) is 6.20 Å². The molecule has 1 aromatic rings. The lowest BCUT2D eigenvalue weighted by Gasteiger charge is -2.44. The molecule has 3 heteroatoms. The third-order valence-corrected chi connectivity index (χ3v) is 4.93. The summed E-state index contributed by atoms with van der Waals surface area (Å²) in [5.74, 6) is 2.12. The highest BCUT2D eigenvalue weighted by Gasteiger charge is 2.33. The number of hydrogen-bond donors (Lipinski definition) is 1. The molecule has 1 aliphatic heterocycles. The first kappa shape index (κ1) is 13.9. The smallest absolute Gasteiger partial charge is 0.129 e. The van der Waals surface area contributed by atoms with Crippen LogP contribution in [0, 0.1) is 5.92 Å². The first-order valence-corrected chi connectivity index (χ1v) is 8.31. The monoisotopic (exact) mass is 273 g/mol. The first-order chi connectivity index (χ1) is 9.88. The van der Waals surface area contributed by atoms with Gasteiger partial charge in [-0.3, -0.25) is 0 Å². The zero-order valence-electron chi connectivity index (χ0n) is 12.6. The molecule has 110 valence electrons. The predicted molar refractivity (Wildman–Crippen MR) is 83.9 cm³/mol. The van der Waals surface area contributed by atoms with Gasteiger partial charge < -0.3 is 10.2 Å². The first-order valence-electron chi connectivity index (χ1n) is 8.31. The van der Waals surface area contributed by atoms with E-state index >= 15 is 0 Å². The molecule has 1 aromatic heterocycles. The Bertz CT molecular complexity index is 430. The highest BCUT2D eigenvalue weighted by atomic mass is 15.2. The maximum atomic E-state index is 4.66. The normalized spacial score (nSPS) is 26.4. The van der Waals surface area contributed by atoms with Gasteiger partial charge in [-0.15, -0.1) is 0 Å². The summed E-state index contributed by atoms with van der Waals surface area (Å²) in [6.07, 6.45) is 10.4. The van der Waals surface area contributed by atoms with Crippen LogP contribution < -0.4 is 10.2 Å². The van der Waals surface area contributed by atoms with Crippen molar-refractivity contribution in [3.63, 3.8) is 0 Å². The Morgan fingerprint density at radius 2 is 2.10 bits per heavy atom. The Morgan fingerprint density at radius 3 is 3.00 bits per heavy atom. The summed E-state index contributed by atoms with van der Waals surface area (Å²) >= 11 is 0. The fourth-order valence-corrected chi connectivity index (χ4v) is 3.91. The number of nitrogens with one attached hydrogen (secondary N) is 1. The molecule has 20 heavy (non-hydrogen) atoms. The SMILES string of the molecule is CCNCc1ccnc(N2CCCC3CCCCC32)c1. The average Bonchev–Trinajstić information content (AvgIpc) is 2.52. The Morgan fingerprint density at radius 1 is 1.25 bits per heavy atom. The number of rotatable bonds is 4. The average molecular weight is 273 g/mol. The maximum Gasteiger partial charge on any atom is 0.129 e. The standard InChI is InChI=1S/C17H27N3/c1-2-18-13-14-9-10-19-17(12-14)20-11-5-7-15-6-3-4-8-16(15)20/h9-10,12,15-16,18H,2-8,11,13H2,1H3. The molecule has 0 aromatic carbocycles. The van der Waals surface area contributed by atoms with E-state index in [4.69, 9.17) is 0 Å². The van der Waals surface area contributed by atoms with Crippen LogP contribution in [0.15, 0.2) is 18.3 Å². The molecule has 0 amide bonds. The molecular formula is C17H27N3. The third kappa shape index (κ3) is 2.98. The van der Waals surface area contributed by atoms with Gasteiger partial charge in [-0.25, -0.2) is 4.98 Å². The van der Waals surface area contributed by atoms with Crippen LogP contribution in [0.5, 0.6) is 0 Å².